The molecule has 0 amide bonds. The lowest BCUT2D eigenvalue weighted by atomic mass is 10.3. The van der Waals surface area contributed by atoms with Gasteiger partial charge >= 0.3 is 5.97 Å². The van der Waals surface area contributed by atoms with Gasteiger partial charge in [-0.05, 0) is 6.42 Å². The lowest BCUT2D eigenvalue weighted by molar-refractivity contribution is -0.888. The molecule has 0 aromatic heterocycles. The van der Waals surface area contributed by atoms with Crippen molar-refractivity contribution in [3.8, 4) is 0 Å². The van der Waals surface area contributed by atoms with E-state index in [1.54, 1.807) is 0 Å². The zero-order valence-electron chi connectivity index (χ0n) is 9.04. The van der Waals surface area contributed by atoms with Gasteiger partial charge in [-0.25, -0.2) is 4.79 Å². The molecule has 0 aliphatic carbocycles. The molecule has 0 saturated carbocycles. The van der Waals surface area contributed by atoms with Crippen molar-refractivity contribution in [2.45, 2.75) is 19.8 Å². The van der Waals surface area contributed by atoms with E-state index in [1.165, 1.54) is 6.08 Å². The number of allylic oxidation sites excluding steroid dienone is 1. The molecule has 0 N–H and O–H groups in total. The molecule has 0 radical (unpaired) electrons. The Morgan fingerprint density at radius 1 is 1.38 bits per heavy atom. The summed E-state index contributed by atoms with van der Waals surface area (Å²) in [7, 11) is 5.93. The van der Waals surface area contributed by atoms with E-state index in [1.807, 2.05) is 27.2 Å². The Morgan fingerprint density at radius 2 is 2.00 bits per heavy atom. The van der Waals surface area contributed by atoms with Gasteiger partial charge in [-0.3, -0.25) is 4.48 Å². The van der Waals surface area contributed by atoms with E-state index in [0.717, 1.165) is 12.8 Å². The summed E-state index contributed by atoms with van der Waals surface area (Å²) >= 11 is 0. The standard InChI is InChI=1S/C10H20NO2/c1-5-6-7-8-10(12)13-9-11(2,3)4/h7-8H,5-6,9H2,1-4H3/q+1/b8-7+. The molecule has 13 heavy (non-hydrogen) atoms. The molecule has 0 bridgehead atoms. The average molecular weight is 186 g/mol. The topological polar surface area (TPSA) is 26.3 Å². The van der Waals surface area contributed by atoms with Crippen LogP contribution in [0.4, 0.5) is 0 Å². The van der Waals surface area contributed by atoms with E-state index in [4.69, 9.17) is 4.74 Å². The van der Waals surface area contributed by atoms with Crippen molar-refractivity contribution >= 4 is 5.97 Å². The maximum Gasteiger partial charge on any atom is 0.334 e. The fourth-order valence-corrected chi connectivity index (χ4v) is 0.652. The molecule has 0 spiro atoms. The quantitative estimate of drug-likeness (QED) is 0.282. The summed E-state index contributed by atoms with van der Waals surface area (Å²) in [6.07, 6.45) is 5.33. The van der Waals surface area contributed by atoms with Crippen molar-refractivity contribution in [3.05, 3.63) is 12.2 Å². The van der Waals surface area contributed by atoms with Gasteiger partial charge in [0.2, 0.25) is 6.73 Å². The summed E-state index contributed by atoms with van der Waals surface area (Å²) in [5.74, 6) is -0.249. The molecule has 76 valence electrons. The number of carbonyl (C=O) groups is 1. The zero-order valence-corrected chi connectivity index (χ0v) is 9.04. The highest BCUT2D eigenvalue weighted by atomic mass is 16.5. The number of hydrogen-bond acceptors (Lipinski definition) is 2. The number of hydrogen-bond donors (Lipinski definition) is 0. The fraction of sp³-hybridized carbons (Fsp3) is 0.700. The lowest BCUT2D eigenvalue weighted by Gasteiger charge is -2.22. The SMILES string of the molecule is CCC/C=C/C(=O)OC[N+](C)(C)C. The van der Waals surface area contributed by atoms with Crippen molar-refractivity contribution in [3.63, 3.8) is 0 Å². The van der Waals surface area contributed by atoms with Crippen LogP contribution < -0.4 is 0 Å². The average Bonchev–Trinajstić information content (AvgIpc) is 2.00. The van der Waals surface area contributed by atoms with Crippen molar-refractivity contribution in [2.75, 3.05) is 27.9 Å². The number of quaternary nitrogens is 1. The van der Waals surface area contributed by atoms with Gasteiger partial charge in [-0.15, -0.1) is 0 Å². The van der Waals surface area contributed by atoms with Crippen LogP contribution in [-0.4, -0.2) is 38.3 Å². The summed E-state index contributed by atoms with van der Waals surface area (Å²) < 4.78 is 5.63. The van der Waals surface area contributed by atoms with Gasteiger partial charge in [0.15, 0.2) is 0 Å². The largest absolute Gasteiger partial charge is 0.412 e. The Balaban J connectivity index is 3.64. The highest BCUT2D eigenvalue weighted by molar-refractivity contribution is 5.81. The van der Waals surface area contributed by atoms with Crippen LogP contribution in [0.5, 0.6) is 0 Å². The van der Waals surface area contributed by atoms with Crippen LogP contribution in [0.2, 0.25) is 0 Å². The highest BCUT2D eigenvalue weighted by Crippen LogP contribution is 1.93. The number of rotatable bonds is 5. The molecule has 0 rings (SSSR count). The molecule has 3 nitrogen and oxygen atoms in total. The van der Waals surface area contributed by atoms with Gasteiger partial charge < -0.3 is 4.74 Å². The molecule has 0 aromatic rings. The first-order chi connectivity index (χ1) is 5.95. The van der Waals surface area contributed by atoms with Gasteiger partial charge in [-0.2, -0.15) is 0 Å². The molecule has 0 aromatic carbocycles. The number of ether oxygens (including phenoxy) is 1. The van der Waals surface area contributed by atoms with E-state index in [9.17, 15) is 4.79 Å². The van der Waals surface area contributed by atoms with E-state index in [0.29, 0.717) is 11.2 Å². The minimum atomic E-state index is -0.249. The van der Waals surface area contributed by atoms with Gasteiger partial charge in [0.1, 0.15) is 0 Å². The summed E-state index contributed by atoms with van der Waals surface area (Å²) in [4.78, 5) is 11.0. The fourth-order valence-electron chi connectivity index (χ4n) is 0.652. The van der Waals surface area contributed by atoms with Crippen LogP contribution in [0.3, 0.4) is 0 Å². The van der Waals surface area contributed by atoms with Crippen LogP contribution in [0.25, 0.3) is 0 Å². The Labute approximate surface area is 80.6 Å². The Hall–Kier alpha value is -0.830. The monoisotopic (exact) mass is 186 g/mol. The highest BCUT2D eigenvalue weighted by Gasteiger charge is 2.08. The van der Waals surface area contributed by atoms with Crippen LogP contribution in [0.15, 0.2) is 12.2 Å². The van der Waals surface area contributed by atoms with Gasteiger partial charge in [0.25, 0.3) is 0 Å². The van der Waals surface area contributed by atoms with Crippen LogP contribution in [0, 0.1) is 0 Å². The molecule has 0 unspecified atom stereocenters. The second-order valence-corrected chi connectivity index (χ2v) is 4.07. The minimum absolute atomic E-state index is 0.249. The number of unbranched alkanes of at least 4 members (excludes halogenated alkanes) is 1. The van der Waals surface area contributed by atoms with Crippen molar-refractivity contribution < 1.29 is 14.0 Å². The van der Waals surface area contributed by atoms with E-state index < -0.39 is 0 Å². The Kier molecular flexibility index (Phi) is 5.39. The third-order valence-electron chi connectivity index (χ3n) is 1.30. The van der Waals surface area contributed by atoms with Gasteiger partial charge in [0, 0.05) is 6.08 Å². The van der Waals surface area contributed by atoms with Crippen LogP contribution in [0.1, 0.15) is 19.8 Å². The second kappa shape index (κ2) is 5.75. The number of carbonyl (C=O) groups excluding carboxylic acids is 1. The third-order valence-corrected chi connectivity index (χ3v) is 1.30. The normalized spacial score (nSPS) is 12.0. The third kappa shape index (κ3) is 9.08. The first-order valence-electron chi connectivity index (χ1n) is 4.59. The van der Waals surface area contributed by atoms with Crippen molar-refractivity contribution in [2.24, 2.45) is 0 Å². The van der Waals surface area contributed by atoms with Crippen molar-refractivity contribution in [1.82, 2.24) is 0 Å². The molecule has 0 atom stereocenters. The van der Waals surface area contributed by atoms with E-state index in [-0.39, 0.29) is 5.97 Å². The summed E-state index contributed by atoms with van der Waals surface area (Å²) in [5.41, 5.74) is 0. The molecular formula is C10H20NO2+. The number of nitrogens with zero attached hydrogens (tertiary/aromatic N) is 1. The predicted octanol–water partition coefficient (Wildman–Crippen LogP) is 1.55. The molecule has 3 heteroatoms. The molecule has 0 aliphatic heterocycles. The maximum absolute atomic E-state index is 11.0. The number of esters is 1. The van der Waals surface area contributed by atoms with Crippen molar-refractivity contribution in [1.29, 1.82) is 0 Å². The van der Waals surface area contributed by atoms with Gasteiger partial charge in [-0.1, -0.05) is 19.4 Å². The molecular weight excluding hydrogens is 166 g/mol. The zero-order chi connectivity index (χ0) is 10.3. The molecule has 0 saturated heterocycles. The first kappa shape index (κ1) is 12.2. The summed E-state index contributed by atoms with van der Waals surface area (Å²) in [6.45, 7) is 2.48. The molecule has 0 fully saturated rings. The lowest BCUT2D eigenvalue weighted by Crippen LogP contribution is -2.37. The summed E-state index contributed by atoms with van der Waals surface area (Å²) in [5, 5.41) is 0. The summed E-state index contributed by atoms with van der Waals surface area (Å²) in [6, 6.07) is 0. The predicted molar refractivity (Wildman–Crippen MR) is 53.0 cm³/mol. The molecule has 0 heterocycles. The molecule has 0 aliphatic rings. The van der Waals surface area contributed by atoms with E-state index in [2.05, 4.69) is 6.92 Å². The van der Waals surface area contributed by atoms with Gasteiger partial charge in [0.05, 0.1) is 21.1 Å². The van der Waals surface area contributed by atoms with E-state index >= 15 is 0 Å². The maximum atomic E-state index is 11.0. The Bertz CT molecular complexity index is 180. The second-order valence-electron chi connectivity index (χ2n) is 4.07. The Morgan fingerprint density at radius 3 is 2.46 bits per heavy atom. The minimum Gasteiger partial charge on any atom is -0.412 e. The smallest absolute Gasteiger partial charge is 0.334 e. The first-order valence-corrected chi connectivity index (χ1v) is 4.59. The van der Waals surface area contributed by atoms with Crippen LogP contribution >= 0.6 is 0 Å². The van der Waals surface area contributed by atoms with Crippen LogP contribution in [-0.2, 0) is 9.53 Å².